The van der Waals surface area contributed by atoms with Crippen LogP contribution in [-0.2, 0) is 0 Å². The van der Waals surface area contributed by atoms with E-state index in [1.165, 1.54) is 0 Å². The lowest BCUT2D eigenvalue weighted by molar-refractivity contribution is 0.103. The average Bonchev–Trinajstić information content (AvgIpc) is 3.23. The van der Waals surface area contributed by atoms with E-state index in [9.17, 15) is 24.1 Å². The van der Waals surface area contributed by atoms with Crippen LogP contribution in [-0.4, -0.2) is 14.5 Å². The van der Waals surface area contributed by atoms with Gasteiger partial charge in [-0.15, -0.1) is 0 Å². The van der Waals surface area contributed by atoms with Gasteiger partial charge in [0.1, 0.15) is 11.6 Å². The normalized spacial score (nSPS) is 21.9. The number of nitriles is 2. The molecule has 0 amide bonds. The fourth-order valence-corrected chi connectivity index (χ4v) is 4.62. The van der Waals surface area contributed by atoms with Gasteiger partial charge in [0, 0.05) is 17.1 Å². The first-order valence-electron chi connectivity index (χ1n) is 8.20. The first-order valence-corrected chi connectivity index (χ1v) is 9.44. The topological polar surface area (TPSA) is 90.4 Å². The number of thiol groups is 1. The van der Waals surface area contributed by atoms with E-state index in [-0.39, 0.29) is 21.9 Å². The highest BCUT2D eigenvalue weighted by atomic mass is 32.1. The van der Waals surface area contributed by atoms with Crippen LogP contribution in [0.25, 0.3) is 6.08 Å². The van der Waals surface area contributed by atoms with Crippen LogP contribution in [0.5, 0.6) is 0 Å². The maximum atomic E-state index is 13.8. The molecule has 9 heteroatoms. The lowest BCUT2D eigenvalue weighted by atomic mass is 9.84. The number of ketones is 1. The summed E-state index contributed by atoms with van der Waals surface area (Å²) in [6.07, 6.45) is 3.81. The predicted octanol–water partition coefficient (Wildman–Crippen LogP) is 4.14. The van der Waals surface area contributed by atoms with Crippen LogP contribution in [0, 0.1) is 40.2 Å². The number of benzene rings is 1. The molecule has 1 aromatic heterocycles. The molecule has 0 bridgehead atoms. The lowest BCUT2D eigenvalue weighted by Crippen LogP contribution is -2.11. The van der Waals surface area contributed by atoms with Crippen molar-refractivity contribution in [2.75, 3.05) is 0 Å². The SMILES string of the molecule is N#CC(C#N)C1/C(=C/C2=Cc3nsnc3C(S)C2)C(=O)c2cc(F)c(F)cc21. The second kappa shape index (κ2) is 6.93. The minimum Gasteiger partial charge on any atom is -0.289 e. The van der Waals surface area contributed by atoms with Crippen LogP contribution in [0.4, 0.5) is 8.78 Å². The number of aromatic nitrogens is 2. The average molecular weight is 412 g/mol. The standard InChI is InChI=1S/C19H10F2N4OS2/c20-13-4-10-11(5-14(13)21)19(26)12(17(10)9(6-22)7-23)1-8-2-15-18(16(27)3-8)25-28-24-15/h1-2,4-5,9,16-17,27H,3H2/b12-1-. The van der Waals surface area contributed by atoms with Gasteiger partial charge >= 0.3 is 0 Å². The van der Waals surface area contributed by atoms with Gasteiger partial charge in [0.2, 0.25) is 0 Å². The molecular weight excluding hydrogens is 402 g/mol. The van der Waals surface area contributed by atoms with Gasteiger partial charge in [-0.05, 0) is 35.8 Å². The Morgan fingerprint density at radius 2 is 1.96 bits per heavy atom. The third-order valence-electron chi connectivity index (χ3n) is 4.83. The highest BCUT2D eigenvalue weighted by molar-refractivity contribution is 7.80. The van der Waals surface area contributed by atoms with Crippen LogP contribution in [0.15, 0.2) is 29.4 Å². The van der Waals surface area contributed by atoms with Crippen LogP contribution in [0.3, 0.4) is 0 Å². The maximum absolute atomic E-state index is 13.8. The summed E-state index contributed by atoms with van der Waals surface area (Å²) in [7, 11) is 0. The summed E-state index contributed by atoms with van der Waals surface area (Å²) in [5.41, 5.74) is 2.41. The van der Waals surface area contributed by atoms with E-state index in [4.69, 9.17) is 0 Å². The summed E-state index contributed by atoms with van der Waals surface area (Å²) in [5, 5.41) is 18.5. The molecule has 0 radical (unpaired) electrons. The summed E-state index contributed by atoms with van der Waals surface area (Å²) in [6.45, 7) is 0. The zero-order valence-electron chi connectivity index (χ0n) is 14.1. The first-order chi connectivity index (χ1) is 13.4. The molecule has 2 unspecified atom stereocenters. The van der Waals surface area contributed by atoms with Gasteiger partial charge in [0.15, 0.2) is 17.4 Å². The molecule has 0 spiro atoms. The number of carbonyl (C=O) groups is 1. The largest absolute Gasteiger partial charge is 0.289 e. The zero-order chi connectivity index (χ0) is 20.0. The van der Waals surface area contributed by atoms with Crippen molar-refractivity contribution in [3.8, 4) is 12.1 Å². The van der Waals surface area contributed by atoms with Gasteiger partial charge in [0.05, 0.1) is 34.8 Å². The van der Waals surface area contributed by atoms with E-state index in [0.29, 0.717) is 12.1 Å². The van der Waals surface area contributed by atoms with Gasteiger partial charge in [-0.3, -0.25) is 4.79 Å². The number of allylic oxidation sites excluding steroid dienone is 3. The molecule has 1 aromatic carbocycles. The second-order valence-electron chi connectivity index (χ2n) is 6.47. The number of halogens is 2. The molecule has 2 aliphatic carbocycles. The van der Waals surface area contributed by atoms with Crippen LogP contribution in [0.1, 0.15) is 44.9 Å². The number of nitrogens with zero attached hydrogens (tertiary/aromatic N) is 4. The van der Waals surface area contributed by atoms with Crippen LogP contribution >= 0.6 is 24.4 Å². The van der Waals surface area contributed by atoms with Gasteiger partial charge in [-0.1, -0.05) is 6.08 Å². The third-order valence-corrected chi connectivity index (χ3v) is 5.81. The van der Waals surface area contributed by atoms with E-state index >= 15 is 0 Å². The number of Topliss-reactive ketones (excluding diaryl/α,β-unsaturated/α-hetero) is 1. The van der Waals surface area contributed by atoms with E-state index in [2.05, 4.69) is 21.4 Å². The molecule has 28 heavy (non-hydrogen) atoms. The van der Waals surface area contributed by atoms with Gasteiger partial charge in [0.25, 0.3) is 0 Å². The van der Waals surface area contributed by atoms with Crippen molar-refractivity contribution in [1.82, 2.24) is 8.75 Å². The summed E-state index contributed by atoms with van der Waals surface area (Å²) in [4.78, 5) is 12.9. The van der Waals surface area contributed by atoms with E-state index in [1.54, 1.807) is 12.2 Å². The summed E-state index contributed by atoms with van der Waals surface area (Å²) >= 11 is 5.57. The predicted molar refractivity (Wildman–Crippen MR) is 100 cm³/mol. The van der Waals surface area contributed by atoms with Crippen molar-refractivity contribution in [3.05, 3.63) is 63.5 Å². The Morgan fingerprint density at radius 3 is 2.68 bits per heavy atom. The summed E-state index contributed by atoms with van der Waals surface area (Å²) in [5.74, 6) is -4.97. The molecule has 5 nitrogen and oxygen atoms in total. The smallest absolute Gasteiger partial charge is 0.190 e. The molecule has 2 atom stereocenters. The van der Waals surface area contributed by atoms with Crippen molar-refractivity contribution in [2.45, 2.75) is 17.6 Å². The molecule has 0 aliphatic heterocycles. The Morgan fingerprint density at radius 1 is 1.25 bits per heavy atom. The molecule has 0 N–H and O–H groups in total. The van der Waals surface area contributed by atoms with Gasteiger partial charge in [-0.25, -0.2) is 8.78 Å². The van der Waals surface area contributed by atoms with Crippen LogP contribution < -0.4 is 0 Å². The summed E-state index contributed by atoms with van der Waals surface area (Å²) < 4.78 is 35.9. The third kappa shape index (κ3) is 2.84. The summed E-state index contributed by atoms with van der Waals surface area (Å²) in [6, 6.07) is 5.43. The van der Waals surface area contributed by atoms with Gasteiger partial charge < -0.3 is 0 Å². The quantitative estimate of drug-likeness (QED) is 0.591. The van der Waals surface area contributed by atoms with Crippen molar-refractivity contribution in [2.24, 2.45) is 5.92 Å². The highest BCUT2D eigenvalue weighted by Crippen LogP contribution is 2.45. The number of hydrogen-bond acceptors (Lipinski definition) is 7. The number of fused-ring (bicyclic) bond motifs is 2. The van der Waals surface area contributed by atoms with Gasteiger partial charge in [-0.2, -0.15) is 31.9 Å². The van der Waals surface area contributed by atoms with Crippen molar-refractivity contribution in [3.63, 3.8) is 0 Å². The molecule has 2 aromatic rings. The van der Waals surface area contributed by atoms with Crippen molar-refractivity contribution in [1.29, 1.82) is 10.5 Å². The molecule has 0 saturated carbocycles. The Bertz CT molecular complexity index is 1140. The number of rotatable bonds is 2. The highest BCUT2D eigenvalue weighted by Gasteiger charge is 2.41. The van der Waals surface area contributed by atoms with E-state index in [1.807, 2.05) is 12.1 Å². The molecule has 2 aliphatic rings. The molecule has 4 rings (SSSR count). The maximum Gasteiger partial charge on any atom is 0.190 e. The Labute approximate surface area is 168 Å². The van der Waals surface area contributed by atoms with Crippen molar-refractivity contribution >= 4 is 36.2 Å². The van der Waals surface area contributed by atoms with E-state index < -0.39 is 29.3 Å². The minimum absolute atomic E-state index is 0.0273. The van der Waals surface area contributed by atoms with Crippen LogP contribution in [0.2, 0.25) is 0 Å². The monoisotopic (exact) mass is 412 g/mol. The fraction of sp³-hybridized carbons (Fsp3) is 0.211. The molecular formula is C19H10F2N4OS2. The number of hydrogen-bond donors (Lipinski definition) is 1. The Balaban J connectivity index is 1.86. The minimum atomic E-state index is -1.21. The first kappa shape index (κ1) is 18.5. The second-order valence-corrected chi connectivity index (χ2v) is 7.62. The molecule has 0 fully saturated rings. The molecule has 138 valence electrons. The Kier molecular flexibility index (Phi) is 4.58. The number of carbonyl (C=O) groups excluding carboxylic acids is 1. The lowest BCUT2D eigenvalue weighted by Gasteiger charge is -2.17. The fourth-order valence-electron chi connectivity index (χ4n) is 3.56. The van der Waals surface area contributed by atoms with E-state index in [0.717, 1.165) is 35.1 Å². The molecule has 0 saturated heterocycles. The zero-order valence-corrected chi connectivity index (χ0v) is 15.8. The molecule has 1 heterocycles. The Hall–Kier alpha value is -2.88. The van der Waals surface area contributed by atoms with Crippen molar-refractivity contribution < 1.29 is 13.6 Å².